The fraction of sp³-hybridized carbons (Fsp3) is 0.588. The summed E-state index contributed by atoms with van der Waals surface area (Å²) >= 11 is 0. The summed E-state index contributed by atoms with van der Waals surface area (Å²) in [6, 6.07) is 5.12. The van der Waals surface area contributed by atoms with Gasteiger partial charge in [0.2, 0.25) is 0 Å². The van der Waals surface area contributed by atoms with E-state index >= 15 is 0 Å². The molecule has 2 heterocycles. The zero-order chi connectivity index (χ0) is 14.5. The van der Waals surface area contributed by atoms with Crippen LogP contribution in [0.3, 0.4) is 0 Å². The number of nitrogens with zero attached hydrogens (tertiary/aromatic N) is 2. The Morgan fingerprint density at radius 1 is 1.38 bits per heavy atom. The van der Waals surface area contributed by atoms with Crippen molar-refractivity contribution in [3.63, 3.8) is 0 Å². The lowest BCUT2D eigenvalue weighted by Gasteiger charge is -2.16. The van der Waals surface area contributed by atoms with Gasteiger partial charge >= 0.3 is 0 Å². The van der Waals surface area contributed by atoms with Gasteiger partial charge < -0.3 is 9.73 Å². The Morgan fingerprint density at radius 2 is 2.24 bits per heavy atom. The molecular weight excluding hydrogens is 262 g/mol. The molecule has 1 aliphatic rings. The molecule has 0 spiro atoms. The van der Waals surface area contributed by atoms with Crippen LogP contribution in [0.2, 0.25) is 0 Å². The molecule has 0 aromatic carbocycles. The third-order valence-corrected chi connectivity index (χ3v) is 4.36. The van der Waals surface area contributed by atoms with E-state index < -0.39 is 0 Å². The first-order valence-corrected chi connectivity index (χ1v) is 8.16. The first kappa shape index (κ1) is 14.4. The van der Waals surface area contributed by atoms with Gasteiger partial charge in [0.05, 0.1) is 24.3 Å². The van der Waals surface area contributed by atoms with E-state index in [4.69, 9.17) is 9.52 Å². The maximum Gasteiger partial charge on any atom is 0.0950 e. The summed E-state index contributed by atoms with van der Waals surface area (Å²) in [7, 11) is 0. The molecule has 4 heteroatoms. The van der Waals surface area contributed by atoms with Crippen LogP contribution in [0.4, 0.5) is 0 Å². The Labute approximate surface area is 126 Å². The Hall–Kier alpha value is -1.55. The summed E-state index contributed by atoms with van der Waals surface area (Å²) in [5, 5.41) is 8.39. The molecule has 0 radical (unpaired) electrons. The van der Waals surface area contributed by atoms with Crippen LogP contribution in [0.25, 0.3) is 0 Å². The van der Waals surface area contributed by atoms with E-state index in [0.717, 1.165) is 25.1 Å². The van der Waals surface area contributed by atoms with Gasteiger partial charge in [-0.3, -0.25) is 4.68 Å². The molecule has 1 fully saturated rings. The highest BCUT2D eigenvalue weighted by Crippen LogP contribution is 2.29. The molecule has 1 atom stereocenters. The standard InChI is InChI=1S/C17H25N3O/c1-2-9-18-17(14-8-11-21-13-14)12-15-7-10-20(19-15)16-5-3-4-6-16/h7-8,10-11,13,16-18H,2-6,9,12H2,1H3. The smallest absolute Gasteiger partial charge is 0.0950 e. The molecule has 21 heavy (non-hydrogen) atoms. The zero-order valence-corrected chi connectivity index (χ0v) is 12.8. The van der Waals surface area contributed by atoms with Gasteiger partial charge in [0.1, 0.15) is 0 Å². The van der Waals surface area contributed by atoms with Gasteiger partial charge in [-0.05, 0) is 37.9 Å². The molecule has 1 saturated carbocycles. The summed E-state index contributed by atoms with van der Waals surface area (Å²) in [6.07, 6.45) is 13.0. The van der Waals surface area contributed by atoms with Crippen molar-refractivity contribution in [1.29, 1.82) is 0 Å². The minimum atomic E-state index is 0.288. The molecule has 1 aliphatic carbocycles. The summed E-state index contributed by atoms with van der Waals surface area (Å²) in [4.78, 5) is 0. The number of rotatable bonds is 7. The number of hydrogen-bond acceptors (Lipinski definition) is 3. The van der Waals surface area contributed by atoms with E-state index in [1.165, 1.54) is 31.2 Å². The van der Waals surface area contributed by atoms with Crippen LogP contribution in [0, 0.1) is 0 Å². The predicted octanol–water partition coefficient (Wildman–Crippen LogP) is 3.87. The number of hydrogen-bond donors (Lipinski definition) is 1. The topological polar surface area (TPSA) is 43.0 Å². The molecule has 4 nitrogen and oxygen atoms in total. The van der Waals surface area contributed by atoms with Crippen LogP contribution >= 0.6 is 0 Å². The van der Waals surface area contributed by atoms with Crippen LogP contribution in [-0.4, -0.2) is 16.3 Å². The van der Waals surface area contributed by atoms with Gasteiger partial charge in [-0.2, -0.15) is 5.10 Å². The molecule has 0 saturated heterocycles. The van der Waals surface area contributed by atoms with E-state index in [9.17, 15) is 0 Å². The van der Waals surface area contributed by atoms with Crippen LogP contribution in [0.1, 0.15) is 62.4 Å². The highest BCUT2D eigenvalue weighted by atomic mass is 16.3. The SMILES string of the molecule is CCCNC(Cc1ccn(C2CCCC2)n1)c1ccoc1. The molecule has 2 aromatic heterocycles. The Kier molecular flexibility index (Phi) is 4.76. The highest BCUT2D eigenvalue weighted by Gasteiger charge is 2.19. The predicted molar refractivity (Wildman–Crippen MR) is 83.2 cm³/mol. The monoisotopic (exact) mass is 287 g/mol. The maximum atomic E-state index is 5.23. The highest BCUT2D eigenvalue weighted by molar-refractivity contribution is 5.15. The van der Waals surface area contributed by atoms with Crippen molar-refractivity contribution in [3.8, 4) is 0 Å². The maximum absolute atomic E-state index is 5.23. The molecule has 0 amide bonds. The first-order valence-electron chi connectivity index (χ1n) is 8.16. The fourth-order valence-corrected chi connectivity index (χ4v) is 3.17. The number of aromatic nitrogens is 2. The van der Waals surface area contributed by atoms with Gasteiger partial charge in [0.25, 0.3) is 0 Å². The molecule has 114 valence electrons. The van der Waals surface area contributed by atoms with Crippen molar-refractivity contribution in [2.24, 2.45) is 0 Å². The second kappa shape index (κ2) is 6.94. The lowest BCUT2D eigenvalue weighted by molar-refractivity contribution is 0.455. The van der Waals surface area contributed by atoms with Crippen molar-refractivity contribution in [3.05, 3.63) is 42.1 Å². The van der Waals surface area contributed by atoms with Gasteiger partial charge in [-0.1, -0.05) is 19.8 Å². The van der Waals surface area contributed by atoms with Crippen molar-refractivity contribution >= 4 is 0 Å². The van der Waals surface area contributed by atoms with Crippen LogP contribution in [0.5, 0.6) is 0 Å². The average Bonchev–Trinajstić information content (AvgIpc) is 3.24. The molecule has 0 bridgehead atoms. The molecule has 3 rings (SSSR count). The largest absolute Gasteiger partial charge is 0.472 e. The normalized spacial score (nSPS) is 17.4. The Balaban J connectivity index is 1.67. The van der Waals surface area contributed by atoms with Gasteiger partial charge in [0.15, 0.2) is 0 Å². The minimum Gasteiger partial charge on any atom is -0.472 e. The van der Waals surface area contributed by atoms with Crippen LogP contribution < -0.4 is 5.32 Å². The molecular formula is C17H25N3O. The molecule has 1 N–H and O–H groups in total. The van der Waals surface area contributed by atoms with Crippen LogP contribution in [0.15, 0.2) is 35.3 Å². The lowest BCUT2D eigenvalue weighted by atomic mass is 10.1. The Bertz CT molecular complexity index is 526. The van der Waals surface area contributed by atoms with Gasteiger partial charge in [-0.25, -0.2) is 0 Å². The zero-order valence-electron chi connectivity index (χ0n) is 12.8. The fourth-order valence-electron chi connectivity index (χ4n) is 3.17. The van der Waals surface area contributed by atoms with Crippen molar-refractivity contribution in [2.75, 3.05) is 6.54 Å². The number of nitrogens with one attached hydrogen (secondary N) is 1. The minimum absolute atomic E-state index is 0.288. The van der Waals surface area contributed by atoms with E-state index in [0.29, 0.717) is 6.04 Å². The van der Waals surface area contributed by atoms with E-state index in [2.05, 4.69) is 29.2 Å². The Morgan fingerprint density at radius 3 is 2.95 bits per heavy atom. The van der Waals surface area contributed by atoms with Crippen molar-refractivity contribution < 1.29 is 4.42 Å². The van der Waals surface area contributed by atoms with Crippen LogP contribution in [-0.2, 0) is 6.42 Å². The van der Waals surface area contributed by atoms with Crippen molar-refractivity contribution in [2.45, 2.75) is 57.5 Å². The van der Waals surface area contributed by atoms with E-state index in [1.807, 2.05) is 12.3 Å². The quantitative estimate of drug-likeness (QED) is 0.840. The summed E-state index contributed by atoms with van der Waals surface area (Å²) in [5.74, 6) is 0. The number of furan rings is 1. The summed E-state index contributed by atoms with van der Waals surface area (Å²) in [5.41, 5.74) is 2.37. The second-order valence-electron chi connectivity index (χ2n) is 5.99. The molecule has 0 aliphatic heterocycles. The second-order valence-corrected chi connectivity index (χ2v) is 5.99. The van der Waals surface area contributed by atoms with Gasteiger partial charge in [0, 0.05) is 24.2 Å². The lowest BCUT2D eigenvalue weighted by Crippen LogP contribution is -2.24. The van der Waals surface area contributed by atoms with Crippen molar-refractivity contribution in [1.82, 2.24) is 15.1 Å². The summed E-state index contributed by atoms with van der Waals surface area (Å²) in [6.45, 7) is 3.20. The summed E-state index contributed by atoms with van der Waals surface area (Å²) < 4.78 is 7.41. The first-order chi connectivity index (χ1) is 10.4. The van der Waals surface area contributed by atoms with E-state index in [1.54, 1.807) is 6.26 Å². The average molecular weight is 287 g/mol. The molecule has 1 unspecified atom stereocenters. The van der Waals surface area contributed by atoms with E-state index in [-0.39, 0.29) is 6.04 Å². The molecule has 2 aromatic rings. The van der Waals surface area contributed by atoms with Gasteiger partial charge in [-0.15, -0.1) is 0 Å². The third-order valence-electron chi connectivity index (χ3n) is 4.36. The third kappa shape index (κ3) is 3.56.